The third-order valence-corrected chi connectivity index (χ3v) is 4.63. The van der Waals surface area contributed by atoms with Crippen LogP contribution in [-0.4, -0.2) is 62.9 Å². The molecule has 1 amide bonds. The number of carbonyl (C=O) groups is 1. The highest BCUT2D eigenvalue weighted by molar-refractivity contribution is 5.99. The Morgan fingerprint density at radius 3 is 2.44 bits per heavy atom. The van der Waals surface area contributed by atoms with Crippen LogP contribution in [0.1, 0.15) is 22.1 Å². The van der Waals surface area contributed by atoms with Crippen LogP contribution in [0.3, 0.4) is 0 Å². The summed E-state index contributed by atoms with van der Waals surface area (Å²) >= 11 is 0. The Morgan fingerprint density at radius 1 is 1.15 bits per heavy atom. The van der Waals surface area contributed by atoms with Crippen LogP contribution in [0.5, 0.6) is 11.5 Å². The number of benzene rings is 1. The van der Waals surface area contributed by atoms with Gasteiger partial charge in [-0.15, -0.1) is 0 Å². The average molecular weight is 371 g/mol. The molecule has 1 aromatic carbocycles. The molecule has 1 N–H and O–H groups in total. The Morgan fingerprint density at radius 2 is 1.85 bits per heavy atom. The summed E-state index contributed by atoms with van der Waals surface area (Å²) in [5.74, 6) is 0.721. The molecule has 3 rings (SSSR count). The predicted molar refractivity (Wildman–Crippen MR) is 101 cm³/mol. The van der Waals surface area contributed by atoms with Crippen LogP contribution in [-0.2, 0) is 4.74 Å². The molecular weight excluding hydrogens is 346 g/mol. The SMILES string of the molecule is COc1cccc(OC)c1C(=O)NC[C@@H](c1ccccn1)N1CCOCC1. The number of rotatable bonds is 7. The van der Waals surface area contributed by atoms with E-state index in [0.29, 0.717) is 36.8 Å². The smallest absolute Gasteiger partial charge is 0.258 e. The Balaban J connectivity index is 1.78. The molecule has 0 spiro atoms. The third kappa shape index (κ3) is 4.56. The Labute approximate surface area is 159 Å². The van der Waals surface area contributed by atoms with E-state index in [1.807, 2.05) is 18.2 Å². The number of morpholine rings is 1. The maximum Gasteiger partial charge on any atom is 0.258 e. The number of hydrogen-bond acceptors (Lipinski definition) is 6. The molecule has 1 saturated heterocycles. The molecule has 1 aliphatic rings. The molecular formula is C20H25N3O4. The van der Waals surface area contributed by atoms with Crippen molar-refractivity contribution in [2.45, 2.75) is 6.04 Å². The number of methoxy groups -OCH3 is 2. The number of aromatic nitrogens is 1. The Kier molecular flexibility index (Phi) is 6.62. The van der Waals surface area contributed by atoms with Crippen molar-refractivity contribution in [1.82, 2.24) is 15.2 Å². The van der Waals surface area contributed by atoms with Crippen molar-refractivity contribution in [3.8, 4) is 11.5 Å². The van der Waals surface area contributed by atoms with E-state index in [-0.39, 0.29) is 11.9 Å². The van der Waals surface area contributed by atoms with Gasteiger partial charge in [-0.1, -0.05) is 12.1 Å². The summed E-state index contributed by atoms with van der Waals surface area (Å²) in [4.78, 5) is 19.7. The molecule has 1 aromatic heterocycles. The van der Waals surface area contributed by atoms with E-state index < -0.39 is 0 Å². The zero-order valence-corrected chi connectivity index (χ0v) is 15.7. The molecule has 0 saturated carbocycles. The second kappa shape index (κ2) is 9.34. The number of ether oxygens (including phenoxy) is 3. The topological polar surface area (TPSA) is 72.9 Å². The van der Waals surface area contributed by atoms with E-state index in [1.165, 1.54) is 14.2 Å². The molecule has 0 aliphatic carbocycles. The predicted octanol–water partition coefficient (Wildman–Crippen LogP) is 1.90. The first-order valence-electron chi connectivity index (χ1n) is 8.96. The van der Waals surface area contributed by atoms with Crippen molar-refractivity contribution < 1.29 is 19.0 Å². The normalized spacial score (nSPS) is 15.8. The molecule has 7 nitrogen and oxygen atoms in total. The van der Waals surface area contributed by atoms with Gasteiger partial charge in [0.25, 0.3) is 5.91 Å². The second-order valence-corrected chi connectivity index (χ2v) is 6.17. The second-order valence-electron chi connectivity index (χ2n) is 6.17. The summed E-state index contributed by atoms with van der Waals surface area (Å²) in [6.45, 7) is 3.39. The minimum absolute atomic E-state index is 0.0280. The minimum Gasteiger partial charge on any atom is -0.496 e. The zero-order chi connectivity index (χ0) is 19.1. The van der Waals surface area contributed by atoms with Gasteiger partial charge in [-0.2, -0.15) is 0 Å². The summed E-state index contributed by atoms with van der Waals surface area (Å²) in [5.41, 5.74) is 1.32. The third-order valence-electron chi connectivity index (χ3n) is 4.63. The standard InChI is InChI=1S/C20H25N3O4/c1-25-17-7-5-8-18(26-2)19(17)20(24)22-14-16(15-6-3-4-9-21-15)23-10-12-27-13-11-23/h3-9,16H,10-14H2,1-2H3,(H,22,24)/t16-/m0/s1. The van der Waals surface area contributed by atoms with Gasteiger partial charge in [0.05, 0.1) is 39.2 Å². The fourth-order valence-electron chi connectivity index (χ4n) is 3.24. The highest BCUT2D eigenvalue weighted by Gasteiger charge is 2.25. The molecule has 27 heavy (non-hydrogen) atoms. The number of amides is 1. The first kappa shape index (κ1) is 19.1. The van der Waals surface area contributed by atoms with E-state index >= 15 is 0 Å². The van der Waals surface area contributed by atoms with Gasteiger partial charge < -0.3 is 19.5 Å². The van der Waals surface area contributed by atoms with E-state index in [9.17, 15) is 4.79 Å². The van der Waals surface area contributed by atoms with Crippen molar-refractivity contribution in [2.24, 2.45) is 0 Å². The molecule has 2 aromatic rings. The summed E-state index contributed by atoms with van der Waals surface area (Å²) in [6.07, 6.45) is 1.77. The highest BCUT2D eigenvalue weighted by atomic mass is 16.5. The van der Waals surface area contributed by atoms with Gasteiger partial charge in [0.15, 0.2) is 0 Å². The van der Waals surface area contributed by atoms with E-state index in [2.05, 4.69) is 15.2 Å². The van der Waals surface area contributed by atoms with Gasteiger partial charge >= 0.3 is 0 Å². The largest absolute Gasteiger partial charge is 0.496 e. The molecule has 2 heterocycles. The van der Waals surface area contributed by atoms with Crippen LogP contribution >= 0.6 is 0 Å². The van der Waals surface area contributed by atoms with Crippen molar-refractivity contribution >= 4 is 5.91 Å². The molecule has 0 unspecified atom stereocenters. The molecule has 0 radical (unpaired) electrons. The Hall–Kier alpha value is -2.64. The fourth-order valence-corrected chi connectivity index (χ4v) is 3.24. The van der Waals surface area contributed by atoms with Crippen LogP contribution in [0.4, 0.5) is 0 Å². The van der Waals surface area contributed by atoms with E-state index in [0.717, 1.165) is 18.8 Å². The van der Waals surface area contributed by atoms with Gasteiger partial charge in [-0.3, -0.25) is 14.7 Å². The number of nitrogens with zero attached hydrogens (tertiary/aromatic N) is 2. The van der Waals surface area contributed by atoms with E-state index in [1.54, 1.807) is 24.4 Å². The van der Waals surface area contributed by atoms with Crippen molar-refractivity contribution in [3.05, 3.63) is 53.9 Å². The van der Waals surface area contributed by atoms with Crippen LogP contribution in [0.25, 0.3) is 0 Å². The number of nitrogens with one attached hydrogen (secondary N) is 1. The maximum absolute atomic E-state index is 12.9. The summed E-state index contributed by atoms with van der Waals surface area (Å²) in [5, 5.41) is 3.02. The molecule has 1 aliphatic heterocycles. The van der Waals surface area contributed by atoms with Gasteiger partial charge in [-0.25, -0.2) is 0 Å². The average Bonchev–Trinajstić information content (AvgIpc) is 2.74. The van der Waals surface area contributed by atoms with Crippen LogP contribution in [0.2, 0.25) is 0 Å². The van der Waals surface area contributed by atoms with Crippen molar-refractivity contribution in [1.29, 1.82) is 0 Å². The monoisotopic (exact) mass is 371 g/mol. The lowest BCUT2D eigenvalue weighted by Crippen LogP contribution is -2.44. The lowest BCUT2D eigenvalue weighted by Gasteiger charge is -2.34. The lowest BCUT2D eigenvalue weighted by molar-refractivity contribution is 0.0153. The summed E-state index contributed by atoms with van der Waals surface area (Å²) in [7, 11) is 3.08. The van der Waals surface area contributed by atoms with Gasteiger partial charge in [0.1, 0.15) is 17.1 Å². The van der Waals surface area contributed by atoms with Gasteiger partial charge in [0.2, 0.25) is 0 Å². The number of pyridine rings is 1. The molecule has 1 atom stereocenters. The first-order valence-corrected chi connectivity index (χ1v) is 8.96. The minimum atomic E-state index is -0.238. The Bertz CT molecular complexity index is 726. The molecule has 7 heteroatoms. The molecule has 0 bridgehead atoms. The fraction of sp³-hybridized carbons (Fsp3) is 0.400. The maximum atomic E-state index is 12.9. The van der Waals surface area contributed by atoms with Crippen LogP contribution in [0, 0.1) is 0 Å². The summed E-state index contributed by atoms with van der Waals surface area (Å²) in [6, 6.07) is 11.1. The molecule has 1 fully saturated rings. The van der Waals surface area contributed by atoms with Crippen LogP contribution < -0.4 is 14.8 Å². The van der Waals surface area contributed by atoms with Gasteiger partial charge in [-0.05, 0) is 24.3 Å². The van der Waals surface area contributed by atoms with Crippen molar-refractivity contribution in [3.63, 3.8) is 0 Å². The van der Waals surface area contributed by atoms with Crippen LogP contribution in [0.15, 0.2) is 42.6 Å². The number of carbonyl (C=O) groups excluding carboxylic acids is 1. The van der Waals surface area contributed by atoms with Crippen molar-refractivity contribution in [2.75, 3.05) is 47.1 Å². The zero-order valence-electron chi connectivity index (χ0n) is 15.7. The van der Waals surface area contributed by atoms with Gasteiger partial charge in [0, 0.05) is 25.8 Å². The quantitative estimate of drug-likeness (QED) is 0.802. The number of hydrogen-bond donors (Lipinski definition) is 1. The van der Waals surface area contributed by atoms with E-state index in [4.69, 9.17) is 14.2 Å². The highest BCUT2D eigenvalue weighted by Crippen LogP contribution is 2.28. The lowest BCUT2D eigenvalue weighted by atomic mass is 10.1. The summed E-state index contributed by atoms with van der Waals surface area (Å²) < 4.78 is 16.1. The molecule has 144 valence electrons. The first-order chi connectivity index (χ1) is 13.2.